The van der Waals surface area contributed by atoms with E-state index < -0.39 is 97.5 Å². The highest BCUT2D eigenvalue weighted by atomic mass is 31.2. The summed E-state index contributed by atoms with van der Waals surface area (Å²) in [6.45, 7) is 4.68. The van der Waals surface area contributed by atoms with Crippen molar-refractivity contribution in [3.8, 4) is 0 Å². The summed E-state index contributed by atoms with van der Waals surface area (Å²) >= 11 is 0. The number of phosphoric acid groups is 2. The van der Waals surface area contributed by atoms with Crippen LogP contribution in [0.4, 0.5) is 0 Å². The first kappa shape index (κ1) is 76.1. The predicted molar refractivity (Wildman–Crippen MR) is 308 cm³/mol. The molecule has 78 heavy (non-hydrogen) atoms. The van der Waals surface area contributed by atoms with Gasteiger partial charge in [0.15, 0.2) is 12.2 Å². The molecular formula is C59H114O17P2. The molecule has 0 saturated carbocycles. The number of rotatable bonds is 60. The number of hydrogen-bond acceptors (Lipinski definition) is 15. The Labute approximate surface area is 473 Å². The van der Waals surface area contributed by atoms with Gasteiger partial charge in [0.2, 0.25) is 0 Å². The summed E-state index contributed by atoms with van der Waals surface area (Å²) in [5.74, 6) is -2.16. The molecule has 0 aromatic heterocycles. The van der Waals surface area contributed by atoms with Gasteiger partial charge >= 0.3 is 39.5 Å². The van der Waals surface area contributed by atoms with Crippen molar-refractivity contribution < 1.29 is 80.2 Å². The highest BCUT2D eigenvalue weighted by Gasteiger charge is 2.30. The van der Waals surface area contributed by atoms with Crippen molar-refractivity contribution >= 4 is 39.5 Å². The number of phosphoric ester groups is 2. The summed E-state index contributed by atoms with van der Waals surface area (Å²) in [6.07, 6.45) is 38.3. The highest BCUT2D eigenvalue weighted by Crippen LogP contribution is 2.45. The Hall–Kier alpha value is -1.94. The number of esters is 4. The quantitative estimate of drug-likeness (QED) is 0.0222. The van der Waals surface area contributed by atoms with Crippen molar-refractivity contribution in [3.63, 3.8) is 0 Å². The van der Waals surface area contributed by atoms with E-state index in [1.165, 1.54) is 122 Å². The van der Waals surface area contributed by atoms with Gasteiger partial charge in [-0.25, -0.2) is 9.13 Å². The lowest BCUT2D eigenvalue weighted by Gasteiger charge is -2.21. The molecule has 0 aliphatic heterocycles. The molecule has 462 valence electrons. The molecule has 0 radical (unpaired) electrons. The van der Waals surface area contributed by atoms with Crippen LogP contribution in [-0.4, -0.2) is 96.7 Å². The third-order valence-corrected chi connectivity index (χ3v) is 15.5. The van der Waals surface area contributed by atoms with Crippen LogP contribution < -0.4 is 0 Å². The Morgan fingerprint density at radius 3 is 0.756 bits per heavy atom. The molecule has 0 rings (SSSR count). The van der Waals surface area contributed by atoms with Crippen LogP contribution in [0.15, 0.2) is 0 Å². The van der Waals surface area contributed by atoms with Crippen molar-refractivity contribution in [3.05, 3.63) is 0 Å². The lowest BCUT2D eigenvalue weighted by molar-refractivity contribution is -0.161. The molecule has 0 heterocycles. The normalized spacial score (nSPS) is 14.3. The van der Waals surface area contributed by atoms with Gasteiger partial charge < -0.3 is 33.8 Å². The first-order valence-corrected chi connectivity index (χ1v) is 34.3. The van der Waals surface area contributed by atoms with E-state index in [9.17, 15) is 43.2 Å². The SMILES string of the molecule is CCCCCCCCCCCCCCCCCC(=O)O[C@H](COC(=O)CCCCCCCCCCCCCCC)COP(=O)(O)OC[C@@H](O)COP(=O)(O)OC[C@@H](COC(=O)CCCCCCC)OC(=O)CCCCCCC. The number of carbonyl (C=O) groups is 4. The van der Waals surface area contributed by atoms with Crippen LogP contribution in [0.25, 0.3) is 0 Å². The first-order chi connectivity index (χ1) is 37.7. The van der Waals surface area contributed by atoms with Gasteiger partial charge in [0, 0.05) is 25.7 Å². The summed E-state index contributed by atoms with van der Waals surface area (Å²) in [7, 11) is -9.86. The maximum atomic E-state index is 12.9. The molecule has 19 heteroatoms. The molecule has 0 spiro atoms. The zero-order valence-corrected chi connectivity index (χ0v) is 51.4. The van der Waals surface area contributed by atoms with Crippen LogP contribution in [0, 0.1) is 0 Å². The van der Waals surface area contributed by atoms with E-state index in [0.29, 0.717) is 25.7 Å². The molecule has 0 amide bonds. The average molecular weight is 1160 g/mol. The Bertz CT molecular complexity index is 1520. The van der Waals surface area contributed by atoms with Crippen LogP contribution in [0.1, 0.15) is 297 Å². The van der Waals surface area contributed by atoms with Gasteiger partial charge in [0.05, 0.1) is 26.4 Å². The van der Waals surface area contributed by atoms with E-state index in [0.717, 1.165) is 96.3 Å². The minimum Gasteiger partial charge on any atom is -0.462 e. The molecule has 0 aromatic carbocycles. The molecule has 0 aliphatic carbocycles. The maximum absolute atomic E-state index is 12.9. The smallest absolute Gasteiger partial charge is 0.462 e. The Morgan fingerprint density at radius 2 is 0.513 bits per heavy atom. The molecular weight excluding hydrogens is 1040 g/mol. The standard InChI is InChI=1S/C59H114O17P2/c1-5-9-13-17-19-21-23-25-26-28-30-32-34-38-42-46-59(64)76-55(50-70-57(62)44-40-37-33-31-29-27-24-22-20-18-14-10-6-2)52-74-78(67,68)72-48-53(60)47-71-77(65,66)73-51-54(75-58(63)45-41-36-16-12-8-4)49-69-56(61)43-39-35-15-11-7-3/h53-55,60H,5-52H2,1-4H3,(H,65,66)(H,67,68)/t53-,54+,55+/m0/s1. The highest BCUT2D eigenvalue weighted by molar-refractivity contribution is 7.47. The largest absolute Gasteiger partial charge is 0.472 e. The number of carbonyl (C=O) groups excluding carboxylic acids is 4. The van der Waals surface area contributed by atoms with Gasteiger partial charge in [-0.15, -0.1) is 0 Å². The number of ether oxygens (including phenoxy) is 4. The summed E-state index contributed by atoms with van der Waals surface area (Å²) in [5, 5.41) is 10.5. The van der Waals surface area contributed by atoms with Gasteiger partial charge in [-0.2, -0.15) is 0 Å². The lowest BCUT2D eigenvalue weighted by Crippen LogP contribution is -2.30. The summed E-state index contributed by atoms with van der Waals surface area (Å²) < 4.78 is 67.4. The molecule has 0 aliphatic rings. The summed E-state index contributed by atoms with van der Waals surface area (Å²) in [6, 6.07) is 0. The van der Waals surface area contributed by atoms with Crippen LogP contribution in [0.3, 0.4) is 0 Å². The van der Waals surface area contributed by atoms with Gasteiger partial charge in [-0.3, -0.25) is 37.3 Å². The minimum absolute atomic E-state index is 0.0991. The fourth-order valence-corrected chi connectivity index (χ4v) is 10.3. The second-order valence-electron chi connectivity index (χ2n) is 21.4. The Balaban J connectivity index is 5.12. The van der Waals surface area contributed by atoms with Gasteiger partial charge in [-0.05, 0) is 25.7 Å². The van der Waals surface area contributed by atoms with Crippen LogP contribution in [0.5, 0.6) is 0 Å². The second-order valence-corrected chi connectivity index (χ2v) is 24.3. The summed E-state index contributed by atoms with van der Waals surface area (Å²) in [5.41, 5.74) is 0. The fraction of sp³-hybridized carbons (Fsp3) is 0.932. The van der Waals surface area contributed by atoms with E-state index in [1.54, 1.807) is 0 Å². The first-order valence-electron chi connectivity index (χ1n) is 31.3. The van der Waals surface area contributed by atoms with Crippen molar-refractivity contribution in [2.75, 3.05) is 39.6 Å². The molecule has 2 unspecified atom stereocenters. The second kappa shape index (κ2) is 54.3. The molecule has 0 fully saturated rings. The van der Waals surface area contributed by atoms with Crippen LogP contribution in [-0.2, 0) is 65.4 Å². The molecule has 0 bridgehead atoms. The molecule has 17 nitrogen and oxygen atoms in total. The molecule has 0 saturated heterocycles. The number of unbranched alkanes of at least 4 members (excludes halogenated alkanes) is 34. The lowest BCUT2D eigenvalue weighted by atomic mass is 10.0. The average Bonchev–Trinajstić information content (AvgIpc) is 3.41. The summed E-state index contributed by atoms with van der Waals surface area (Å²) in [4.78, 5) is 71.5. The van der Waals surface area contributed by atoms with E-state index in [-0.39, 0.29) is 25.7 Å². The van der Waals surface area contributed by atoms with Crippen molar-refractivity contribution in [1.29, 1.82) is 0 Å². The number of aliphatic hydroxyl groups is 1. The monoisotopic (exact) mass is 1160 g/mol. The molecule has 0 aromatic rings. The maximum Gasteiger partial charge on any atom is 0.472 e. The van der Waals surface area contributed by atoms with Crippen molar-refractivity contribution in [2.24, 2.45) is 0 Å². The van der Waals surface area contributed by atoms with Gasteiger partial charge in [0.25, 0.3) is 0 Å². The zero-order valence-electron chi connectivity index (χ0n) is 49.6. The number of aliphatic hydroxyl groups excluding tert-OH is 1. The Morgan fingerprint density at radius 1 is 0.308 bits per heavy atom. The van der Waals surface area contributed by atoms with Crippen molar-refractivity contribution in [2.45, 2.75) is 316 Å². The van der Waals surface area contributed by atoms with E-state index in [2.05, 4.69) is 27.7 Å². The Kier molecular flexibility index (Phi) is 53.0. The molecule has 5 atom stereocenters. The van der Waals surface area contributed by atoms with Gasteiger partial charge in [0.1, 0.15) is 19.3 Å². The van der Waals surface area contributed by atoms with E-state index >= 15 is 0 Å². The van der Waals surface area contributed by atoms with E-state index in [4.69, 9.17) is 37.0 Å². The van der Waals surface area contributed by atoms with Crippen molar-refractivity contribution in [1.82, 2.24) is 0 Å². The minimum atomic E-state index is -4.94. The number of hydrogen-bond donors (Lipinski definition) is 3. The van der Waals surface area contributed by atoms with E-state index in [1.807, 2.05) is 0 Å². The third-order valence-electron chi connectivity index (χ3n) is 13.6. The molecule has 3 N–H and O–H groups in total. The van der Waals surface area contributed by atoms with Gasteiger partial charge in [-0.1, -0.05) is 246 Å². The topological polar surface area (TPSA) is 237 Å². The third kappa shape index (κ3) is 53.4. The fourth-order valence-electron chi connectivity index (χ4n) is 8.75. The predicted octanol–water partition coefficient (Wildman–Crippen LogP) is 16.0. The van der Waals surface area contributed by atoms with Crippen LogP contribution >= 0.6 is 15.6 Å². The van der Waals surface area contributed by atoms with Crippen LogP contribution in [0.2, 0.25) is 0 Å². The zero-order chi connectivity index (χ0) is 57.6.